The summed E-state index contributed by atoms with van der Waals surface area (Å²) >= 11 is 0. The Hall–Kier alpha value is -1.91. The van der Waals surface area contributed by atoms with Gasteiger partial charge in [-0.15, -0.1) is 0 Å². The van der Waals surface area contributed by atoms with Crippen LogP contribution >= 0.6 is 0 Å². The van der Waals surface area contributed by atoms with Gasteiger partial charge in [0.25, 0.3) is 0 Å². The van der Waals surface area contributed by atoms with Crippen LogP contribution < -0.4 is 5.32 Å². The van der Waals surface area contributed by atoms with Gasteiger partial charge in [-0.05, 0) is 44.4 Å². The van der Waals surface area contributed by atoms with Gasteiger partial charge in [-0.2, -0.15) is 0 Å². The van der Waals surface area contributed by atoms with E-state index >= 15 is 0 Å². The maximum absolute atomic E-state index is 12.8. The zero-order valence-corrected chi connectivity index (χ0v) is 13.1. The van der Waals surface area contributed by atoms with Crippen molar-refractivity contribution in [2.24, 2.45) is 0 Å². The molecule has 1 aliphatic rings. The number of aromatic nitrogens is 1. The van der Waals surface area contributed by atoms with E-state index in [1.165, 1.54) is 0 Å². The van der Waals surface area contributed by atoms with Crippen LogP contribution in [-0.4, -0.2) is 32.8 Å². The molecule has 1 fully saturated rings. The van der Waals surface area contributed by atoms with Gasteiger partial charge in [-0.3, -0.25) is 14.6 Å². The van der Waals surface area contributed by atoms with Crippen molar-refractivity contribution in [3.05, 3.63) is 30.1 Å². The van der Waals surface area contributed by atoms with E-state index < -0.39 is 11.1 Å². The lowest BCUT2D eigenvalue weighted by Gasteiger charge is -2.50. The number of carbonyl (C=O) groups excluding carboxylic acids is 2. The number of rotatable bonds is 4. The van der Waals surface area contributed by atoms with E-state index in [1.807, 2.05) is 26.0 Å². The molecule has 1 aromatic rings. The fourth-order valence-corrected chi connectivity index (χ4v) is 2.95. The minimum Gasteiger partial charge on any atom is -0.340 e. The SMILES string of the molecule is CCC1(CC)C(=O)NC(C)(C)C(=O)N1Cc1ccncc1. The molecule has 5 heteroatoms. The summed E-state index contributed by atoms with van der Waals surface area (Å²) in [6.45, 7) is 7.84. The molecule has 0 aliphatic carbocycles. The van der Waals surface area contributed by atoms with Gasteiger partial charge < -0.3 is 10.2 Å². The zero-order chi connectivity index (χ0) is 15.7. The number of amides is 2. The summed E-state index contributed by atoms with van der Waals surface area (Å²) < 4.78 is 0. The van der Waals surface area contributed by atoms with E-state index in [2.05, 4.69) is 10.3 Å². The smallest absolute Gasteiger partial charge is 0.248 e. The molecule has 1 aromatic heterocycles. The fraction of sp³-hybridized carbons (Fsp3) is 0.562. The highest BCUT2D eigenvalue weighted by atomic mass is 16.2. The van der Waals surface area contributed by atoms with Gasteiger partial charge in [-0.1, -0.05) is 13.8 Å². The highest BCUT2D eigenvalue weighted by Crippen LogP contribution is 2.33. The molecule has 21 heavy (non-hydrogen) atoms. The summed E-state index contributed by atoms with van der Waals surface area (Å²) in [7, 11) is 0. The van der Waals surface area contributed by atoms with Crippen molar-refractivity contribution in [3.63, 3.8) is 0 Å². The van der Waals surface area contributed by atoms with Crippen molar-refractivity contribution in [2.45, 2.75) is 58.2 Å². The Morgan fingerprint density at radius 2 is 1.71 bits per heavy atom. The lowest BCUT2D eigenvalue weighted by Crippen LogP contribution is -2.73. The lowest BCUT2D eigenvalue weighted by atomic mass is 9.82. The third-order valence-electron chi connectivity index (χ3n) is 4.41. The molecule has 1 saturated heterocycles. The van der Waals surface area contributed by atoms with E-state index in [0.717, 1.165) is 5.56 Å². The number of carbonyl (C=O) groups is 2. The quantitative estimate of drug-likeness (QED) is 0.920. The molecule has 0 aromatic carbocycles. The molecule has 0 bridgehead atoms. The van der Waals surface area contributed by atoms with Crippen LogP contribution in [0.4, 0.5) is 0 Å². The van der Waals surface area contributed by atoms with Crippen LogP contribution in [0.25, 0.3) is 0 Å². The largest absolute Gasteiger partial charge is 0.340 e. The zero-order valence-electron chi connectivity index (χ0n) is 13.1. The third kappa shape index (κ3) is 2.52. The molecule has 2 heterocycles. The van der Waals surface area contributed by atoms with Crippen molar-refractivity contribution in [1.29, 1.82) is 0 Å². The number of nitrogens with zero attached hydrogens (tertiary/aromatic N) is 2. The Morgan fingerprint density at radius 1 is 1.14 bits per heavy atom. The first-order valence-electron chi connectivity index (χ1n) is 7.41. The molecule has 2 rings (SSSR count). The van der Waals surface area contributed by atoms with E-state index in [1.54, 1.807) is 31.1 Å². The van der Waals surface area contributed by atoms with Crippen molar-refractivity contribution in [1.82, 2.24) is 15.2 Å². The van der Waals surface area contributed by atoms with Crippen molar-refractivity contribution >= 4 is 11.8 Å². The number of piperazine rings is 1. The normalized spacial score (nSPS) is 20.3. The van der Waals surface area contributed by atoms with Gasteiger partial charge in [0.05, 0.1) is 0 Å². The lowest BCUT2D eigenvalue weighted by molar-refractivity contribution is -0.163. The highest BCUT2D eigenvalue weighted by Gasteiger charge is 2.53. The van der Waals surface area contributed by atoms with Crippen LogP contribution in [0.1, 0.15) is 46.1 Å². The first kappa shape index (κ1) is 15.5. The Balaban J connectivity index is 2.43. The second-order valence-electron chi connectivity index (χ2n) is 6.06. The topological polar surface area (TPSA) is 62.3 Å². The number of hydrogen-bond acceptors (Lipinski definition) is 3. The molecule has 2 amide bonds. The Morgan fingerprint density at radius 3 is 2.24 bits per heavy atom. The average Bonchev–Trinajstić information content (AvgIpc) is 2.46. The molecular formula is C16H23N3O2. The van der Waals surface area contributed by atoms with Gasteiger partial charge in [-0.25, -0.2) is 0 Å². The minimum atomic E-state index is -0.863. The molecule has 114 valence electrons. The van der Waals surface area contributed by atoms with E-state index in [4.69, 9.17) is 0 Å². The molecular weight excluding hydrogens is 266 g/mol. The van der Waals surface area contributed by atoms with Gasteiger partial charge >= 0.3 is 0 Å². The van der Waals surface area contributed by atoms with Gasteiger partial charge in [0, 0.05) is 18.9 Å². The van der Waals surface area contributed by atoms with Gasteiger partial charge in [0.2, 0.25) is 11.8 Å². The standard InChI is InChI=1S/C16H23N3O2/c1-5-16(6-2)13(20)18-15(3,4)14(21)19(16)11-12-7-9-17-10-8-12/h7-10H,5-6,11H2,1-4H3,(H,18,20). The van der Waals surface area contributed by atoms with Crippen molar-refractivity contribution in [3.8, 4) is 0 Å². The van der Waals surface area contributed by atoms with Crippen molar-refractivity contribution < 1.29 is 9.59 Å². The molecule has 5 nitrogen and oxygen atoms in total. The monoisotopic (exact) mass is 289 g/mol. The van der Waals surface area contributed by atoms with Crippen LogP contribution in [0.2, 0.25) is 0 Å². The van der Waals surface area contributed by atoms with Gasteiger partial charge in [0.1, 0.15) is 11.1 Å². The predicted molar refractivity (Wildman–Crippen MR) is 80.3 cm³/mol. The molecule has 0 spiro atoms. The summed E-state index contributed by atoms with van der Waals surface area (Å²) in [6.07, 6.45) is 4.60. The maximum atomic E-state index is 12.8. The summed E-state index contributed by atoms with van der Waals surface area (Å²) in [4.78, 5) is 31.2. The van der Waals surface area contributed by atoms with Crippen LogP contribution in [0.15, 0.2) is 24.5 Å². The third-order valence-corrected chi connectivity index (χ3v) is 4.41. The molecule has 1 aliphatic heterocycles. The maximum Gasteiger partial charge on any atom is 0.248 e. The second-order valence-corrected chi connectivity index (χ2v) is 6.06. The molecule has 0 atom stereocenters. The Kier molecular flexibility index (Phi) is 4.03. The predicted octanol–water partition coefficient (Wildman–Crippen LogP) is 1.88. The summed E-state index contributed by atoms with van der Waals surface area (Å²) in [6, 6.07) is 3.76. The van der Waals surface area contributed by atoms with Crippen LogP contribution in [-0.2, 0) is 16.1 Å². The fourth-order valence-electron chi connectivity index (χ4n) is 2.95. The number of hydrogen-bond donors (Lipinski definition) is 1. The molecule has 0 saturated carbocycles. The Bertz CT molecular complexity index is 536. The van der Waals surface area contributed by atoms with E-state index in [9.17, 15) is 9.59 Å². The summed E-state index contributed by atoms with van der Waals surface area (Å²) in [5, 5.41) is 2.87. The number of pyridine rings is 1. The first-order chi connectivity index (χ1) is 9.87. The summed E-state index contributed by atoms with van der Waals surface area (Å²) in [5.41, 5.74) is -0.650. The van der Waals surface area contributed by atoms with Crippen LogP contribution in [0.5, 0.6) is 0 Å². The first-order valence-corrected chi connectivity index (χ1v) is 7.41. The molecule has 0 radical (unpaired) electrons. The van der Waals surface area contributed by atoms with Crippen LogP contribution in [0.3, 0.4) is 0 Å². The Labute approximate surface area is 125 Å². The van der Waals surface area contributed by atoms with E-state index in [0.29, 0.717) is 19.4 Å². The van der Waals surface area contributed by atoms with Crippen LogP contribution in [0, 0.1) is 0 Å². The molecule has 0 unspecified atom stereocenters. The average molecular weight is 289 g/mol. The van der Waals surface area contributed by atoms with Gasteiger partial charge in [0.15, 0.2) is 0 Å². The highest BCUT2D eigenvalue weighted by molar-refractivity contribution is 6.01. The van der Waals surface area contributed by atoms with E-state index in [-0.39, 0.29) is 11.8 Å². The second kappa shape index (κ2) is 5.47. The van der Waals surface area contributed by atoms with Crippen molar-refractivity contribution in [2.75, 3.05) is 0 Å². The summed E-state index contributed by atoms with van der Waals surface area (Å²) in [5.74, 6) is -0.103. The minimum absolute atomic E-state index is 0.0392. The number of nitrogens with one attached hydrogen (secondary N) is 1. The molecule has 1 N–H and O–H groups in total.